The molecule has 6 aliphatic carbocycles. The summed E-state index contributed by atoms with van der Waals surface area (Å²) in [4.78, 5) is 0. The Bertz CT molecular complexity index is 460. The van der Waals surface area contributed by atoms with Crippen molar-refractivity contribution < 1.29 is 0 Å². The zero-order chi connectivity index (χ0) is 15.0. The Balaban J connectivity index is 1.06. The third-order valence-corrected chi connectivity index (χ3v) is 10.4. The summed E-state index contributed by atoms with van der Waals surface area (Å²) in [5, 5.41) is 0. The molecule has 0 radical (unpaired) electrons. The molecule has 0 nitrogen and oxygen atoms in total. The molecule has 0 amide bonds. The maximum Gasteiger partial charge on any atom is -0.0295 e. The van der Waals surface area contributed by atoms with Gasteiger partial charge in [-0.2, -0.15) is 0 Å². The molecule has 23 heavy (non-hydrogen) atoms. The molecular formula is C23H36. The molecule has 0 aromatic heterocycles. The van der Waals surface area contributed by atoms with E-state index in [9.17, 15) is 0 Å². The van der Waals surface area contributed by atoms with Gasteiger partial charge in [-0.15, -0.1) is 0 Å². The van der Waals surface area contributed by atoms with Crippen LogP contribution in [0.3, 0.4) is 0 Å². The van der Waals surface area contributed by atoms with E-state index in [0.29, 0.717) is 0 Å². The molecule has 0 heterocycles. The number of rotatable bonds is 2. The maximum atomic E-state index is 1.66. The van der Waals surface area contributed by atoms with Crippen molar-refractivity contribution in [3.8, 4) is 0 Å². The highest BCUT2D eigenvalue weighted by molar-refractivity contribution is 5.03. The quantitative estimate of drug-likeness (QED) is 0.550. The van der Waals surface area contributed by atoms with Crippen LogP contribution >= 0.6 is 0 Å². The standard InChI is InChI=1S/C23H36/c1-3-15-13-22(21(15)4-1)20-11-18-9-17(10-19(18)12-20)16-5-8-23(14-16)6-2-7-23/h15-22H,1-14H2. The molecule has 0 aliphatic heterocycles. The number of hydrogen-bond acceptors (Lipinski definition) is 0. The van der Waals surface area contributed by atoms with Crippen molar-refractivity contribution in [2.45, 2.75) is 89.9 Å². The van der Waals surface area contributed by atoms with Crippen LogP contribution in [-0.2, 0) is 0 Å². The van der Waals surface area contributed by atoms with E-state index in [1.165, 1.54) is 35.5 Å². The third kappa shape index (κ3) is 2.08. The summed E-state index contributed by atoms with van der Waals surface area (Å²) in [6, 6.07) is 0. The van der Waals surface area contributed by atoms with Crippen LogP contribution < -0.4 is 0 Å². The van der Waals surface area contributed by atoms with Crippen LogP contribution in [0, 0.1) is 52.8 Å². The van der Waals surface area contributed by atoms with E-state index in [1.807, 2.05) is 0 Å². The van der Waals surface area contributed by atoms with E-state index in [1.54, 1.807) is 89.9 Å². The first-order valence-corrected chi connectivity index (χ1v) is 11.3. The lowest BCUT2D eigenvalue weighted by Gasteiger charge is -2.45. The smallest absolute Gasteiger partial charge is 0.0295 e. The van der Waals surface area contributed by atoms with Crippen LogP contribution in [0.1, 0.15) is 89.9 Å². The lowest BCUT2D eigenvalue weighted by Crippen LogP contribution is -2.37. The molecule has 6 unspecified atom stereocenters. The largest absolute Gasteiger partial charge is 0.0527 e. The van der Waals surface area contributed by atoms with E-state index in [2.05, 4.69) is 0 Å². The highest BCUT2D eigenvalue weighted by Gasteiger charge is 2.53. The Morgan fingerprint density at radius 2 is 1.22 bits per heavy atom. The Kier molecular flexibility index (Phi) is 3.09. The maximum absolute atomic E-state index is 1.66. The molecule has 0 saturated heterocycles. The van der Waals surface area contributed by atoms with Gasteiger partial charge in [0.05, 0.1) is 0 Å². The average Bonchev–Trinajstić information content (AvgIpc) is 3.20. The van der Waals surface area contributed by atoms with E-state index < -0.39 is 0 Å². The lowest BCUT2D eigenvalue weighted by atomic mass is 9.60. The molecule has 0 N–H and O–H groups in total. The molecule has 6 aliphatic rings. The lowest BCUT2D eigenvalue weighted by molar-refractivity contribution is 0.0454. The molecule has 0 aromatic rings. The summed E-state index contributed by atoms with van der Waals surface area (Å²) in [5.74, 6) is 9.40. The molecule has 0 aromatic carbocycles. The molecule has 6 atom stereocenters. The monoisotopic (exact) mass is 312 g/mol. The van der Waals surface area contributed by atoms with Gasteiger partial charge in [-0.3, -0.25) is 0 Å². The van der Waals surface area contributed by atoms with Crippen molar-refractivity contribution in [2.24, 2.45) is 52.8 Å². The van der Waals surface area contributed by atoms with Crippen molar-refractivity contribution in [2.75, 3.05) is 0 Å². The summed E-state index contributed by atoms with van der Waals surface area (Å²) < 4.78 is 0. The second-order valence-electron chi connectivity index (χ2n) is 11.1. The minimum absolute atomic E-state index is 0.883. The topological polar surface area (TPSA) is 0 Å². The Morgan fingerprint density at radius 1 is 0.478 bits per heavy atom. The summed E-state index contributed by atoms with van der Waals surface area (Å²) in [6.07, 6.45) is 22.6. The van der Waals surface area contributed by atoms with Crippen molar-refractivity contribution >= 4 is 0 Å². The normalized spacial score (nSPS) is 56.3. The van der Waals surface area contributed by atoms with Gasteiger partial charge in [0.15, 0.2) is 0 Å². The molecule has 0 heteroatoms. The minimum Gasteiger partial charge on any atom is -0.0527 e. The van der Waals surface area contributed by atoms with Crippen molar-refractivity contribution in [1.29, 1.82) is 0 Å². The second kappa shape index (κ2) is 5.01. The fraction of sp³-hybridized carbons (Fsp3) is 1.00. The van der Waals surface area contributed by atoms with E-state index in [-0.39, 0.29) is 0 Å². The zero-order valence-electron chi connectivity index (χ0n) is 15.0. The van der Waals surface area contributed by atoms with E-state index in [4.69, 9.17) is 0 Å². The molecule has 128 valence electrons. The molecule has 6 saturated carbocycles. The van der Waals surface area contributed by atoms with Gasteiger partial charge < -0.3 is 0 Å². The Labute approximate surface area is 143 Å². The summed E-state index contributed by atoms with van der Waals surface area (Å²) in [5.41, 5.74) is 0.883. The summed E-state index contributed by atoms with van der Waals surface area (Å²) >= 11 is 0. The van der Waals surface area contributed by atoms with Crippen LogP contribution in [0.5, 0.6) is 0 Å². The Hall–Kier alpha value is 0. The van der Waals surface area contributed by atoms with Crippen LogP contribution in [-0.4, -0.2) is 0 Å². The summed E-state index contributed by atoms with van der Waals surface area (Å²) in [7, 11) is 0. The first-order valence-electron chi connectivity index (χ1n) is 11.3. The second-order valence-corrected chi connectivity index (χ2v) is 11.1. The van der Waals surface area contributed by atoms with E-state index >= 15 is 0 Å². The third-order valence-electron chi connectivity index (χ3n) is 10.4. The zero-order valence-corrected chi connectivity index (χ0v) is 15.0. The number of hydrogen-bond donors (Lipinski definition) is 0. The predicted molar refractivity (Wildman–Crippen MR) is 95.0 cm³/mol. The fourth-order valence-corrected chi connectivity index (χ4v) is 9.02. The van der Waals surface area contributed by atoms with Crippen molar-refractivity contribution in [1.82, 2.24) is 0 Å². The van der Waals surface area contributed by atoms with Crippen LogP contribution in [0.4, 0.5) is 0 Å². The first-order chi connectivity index (χ1) is 11.3. The molecule has 6 rings (SSSR count). The Morgan fingerprint density at radius 3 is 1.87 bits per heavy atom. The van der Waals surface area contributed by atoms with Gasteiger partial charge >= 0.3 is 0 Å². The van der Waals surface area contributed by atoms with Crippen LogP contribution in [0.25, 0.3) is 0 Å². The average molecular weight is 313 g/mol. The highest BCUT2D eigenvalue weighted by Crippen LogP contribution is 2.63. The molecule has 1 spiro atoms. The van der Waals surface area contributed by atoms with Gasteiger partial charge in [0, 0.05) is 0 Å². The molecular weight excluding hydrogens is 276 g/mol. The van der Waals surface area contributed by atoms with Crippen LogP contribution in [0.15, 0.2) is 0 Å². The van der Waals surface area contributed by atoms with Gasteiger partial charge in [0.2, 0.25) is 0 Å². The fourth-order valence-electron chi connectivity index (χ4n) is 9.02. The highest BCUT2D eigenvalue weighted by atomic mass is 14.6. The minimum atomic E-state index is 0.883. The van der Waals surface area contributed by atoms with E-state index in [0.717, 1.165) is 17.3 Å². The first kappa shape index (κ1) is 14.2. The summed E-state index contributed by atoms with van der Waals surface area (Å²) in [6.45, 7) is 0. The SMILES string of the molecule is C1CC2CC(C3CC4CC(C5CCC6(CCC6)C5)CC4C3)C2C1. The van der Waals surface area contributed by atoms with Gasteiger partial charge in [-0.25, -0.2) is 0 Å². The van der Waals surface area contributed by atoms with Gasteiger partial charge in [0.25, 0.3) is 0 Å². The molecule has 6 fully saturated rings. The van der Waals surface area contributed by atoms with Gasteiger partial charge in [0.1, 0.15) is 0 Å². The molecule has 0 bridgehead atoms. The van der Waals surface area contributed by atoms with Crippen molar-refractivity contribution in [3.05, 3.63) is 0 Å². The van der Waals surface area contributed by atoms with Gasteiger partial charge in [-0.05, 0) is 123 Å². The number of fused-ring (bicyclic) bond motifs is 2. The van der Waals surface area contributed by atoms with Gasteiger partial charge in [-0.1, -0.05) is 19.3 Å². The predicted octanol–water partition coefficient (Wildman–Crippen LogP) is 6.45. The van der Waals surface area contributed by atoms with Crippen LogP contribution in [0.2, 0.25) is 0 Å². The van der Waals surface area contributed by atoms with Crippen molar-refractivity contribution in [3.63, 3.8) is 0 Å².